The first-order valence-corrected chi connectivity index (χ1v) is 9.72. The van der Waals surface area contributed by atoms with Crippen LogP contribution in [0.5, 0.6) is 0 Å². The van der Waals surface area contributed by atoms with Crippen molar-refractivity contribution in [2.24, 2.45) is 0 Å². The third-order valence-corrected chi connectivity index (χ3v) is 5.45. The van der Waals surface area contributed by atoms with Gasteiger partial charge in [-0.3, -0.25) is 9.69 Å². The number of aryl methyl sites for hydroxylation is 2. The van der Waals surface area contributed by atoms with Crippen molar-refractivity contribution in [3.63, 3.8) is 0 Å². The Kier molecular flexibility index (Phi) is 6.10. The lowest BCUT2D eigenvalue weighted by Gasteiger charge is -2.26. The summed E-state index contributed by atoms with van der Waals surface area (Å²) in [6.45, 7) is 9.61. The first-order valence-electron chi connectivity index (χ1n) is 9.72. The zero-order chi connectivity index (χ0) is 18.5. The summed E-state index contributed by atoms with van der Waals surface area (Å²) in [5.41, 5.74) is 5.68. The minimum Gasteiger partial charge on any atom is -0.346 e. The number of piperidine rings is 1. The van der Waals surface area contributed by atoms with Crippen molar-refractivity contribution in [1.29, 1.82) is 0 Å². The average Bonchev–Trinajstić information content (AvgIpc) is 2.65. The van der Waals surface area contributed by atoms with Crippen molar-refractivity contribution in [3.8, 4) is 0 Å². The van der Waals surface area contributed by atoms with E-state index in [9.17, 15) is 4.79 Å². The molecule has 3 heteroatoms. The second kappa shape index (κ2) is 8.50. The maximum Gasteiger partial charge on any atom is 0.251 e. The van der Waals surface area contributed by atoms with Crippen LogP contribution in [-0.4, -0.2) is 23.9 Å². The summed E-state index contributed by atoms with van der Waals surface area (Å²) < 4.78 is 0. The van der Waals surface area contributed by atoms with Crippen LogP contribution in [0.15, 0.2) is 42.5 Å². The number of benzene rings is 2. The molecule has 1 atom stereocenters. The van der Waals surface area contributed by atoms with E-state index in [1.807, 2.05) is 19.1 Å². The van der Waals surface area contributed by atoms with Crippen LogP contribution in [0, 0.1) is 13.8 Å². The third kappa shape index (κ3) is 4.73. The fourth-order valence-electron chi connectivity index (χ4n) is 3.53. The molecule has 0 unspecified atom stereocenters. The Morgan fingerprint density at radius 1 is 1.00 bits per heavy atom. The molecule has 1 fully saturated rings. The van der Waals surface area contributed by atoms with Gasteiger partial charge in [0.05, 0.1) is 6.04 Å². The summed E-state index contributed by atoms with van der Waals surface area (Å²) in [6.07, 6.45) is 3.96. The van der Waals surface area contributed by atoms with Gasteiger partial charge in [-0.1, -0.05) is 36.8 Å². The fourth-order valence-corrected chi connectivity index (χ4v) is 3.53. The largest absolute Gasteiger partial charge is 0.346 e. The summed E-state index contributed by atoms with van der Waals surface area (Å²) in [5.74, 6) is -0.0137. The molecule has 1 aliphatic rings. The first kappa shape index (κ1) is 18.7. The van der Waals surface area contributed by atoms with E-state index < -0.39 is 0 Å². The van der Waals surface area contributed by atoms with Gasteiger partial charge in [-0.15, -0.1) is 0 Å². The van der Waals surface area contributed by atoms with E-state index in [1.165, 1.54) is 49.0 Å². The highest BCUT2D eigenvalue weighted by Gasteiger charge is 2.13. The summed E-state index contributed by atoms with van der Waals surface area (Å²) in [4.78, 5) is 15.1. The predicted molar refractivity (Wildman–Crippen MR) is 107 cm³/mol. The van der Waals surface area contributed by atoms with Gasteiger partial charge in [0.1, 0.15) is 0 Å². The van der Waals surface area contributed by atoms with Gasteiger partial charge in [0.25, 0.3) is 5.91 Å². The summed E-state index contributed by atoms with van der Waals surface area (Å²) in [7, 11) is 0. The molecule has 3 rings (SSSR count). The number of rotatable bonds is 5. The van der Waals surface area contributed by atoms with E-state index in [1.54, 1.807) is 0 Å². The van der Waals surface area contributed by atoms with E-state index in [4.69, 9.17) is 0 Å². The molecule has 0 radical (unpaired) electrons. The highest BCUT2D eigenvalue weighted by molar-refractivity contribution is 5.94. The fraction of sp³-hybridized carbons (Fsp3) is 0.435. The molecule has 1 N–H and O–H groups in total. The molecule has 0 saturated carbocycles. The first-order chi connectivity index (χ1) is 12.5. The topological polar surface area (TPSA) is 32.3 Å². The van der Waals surface area contributed by atoms with E-state index in [-0.39, 0.29) is 11.9 Å². The lowest BCUT2D eigenvalue weighted by atomic mass is 10.0. The van der Waals surface area contributed by atoms with Crippen LogP contribution in [0.25, 0.3) is 0 Å². The van der Waals surface area contributed by atoms with Crippen LogP contribution in [0.2, 0.25) is 0 Å². The van der Waals surface area contributed by atoms with Crippen LogP contribution in [0.4, 0.5) is 0 Å². The maximum atomic E-state index is 12.6. The number of carbonyl (C=O) groups is 1. The van der Waals surface area contributed by atoms with E-state index in [0.29, 0.717) is 0 Å². The third-order valence-electron chi connectivity index (χ3n) is 5.45. The SMILES string of the molecule is Cc1ccc([C@H](C)NC(=O)c2ccc(CN3CCCCC3)cc2)cc1C. The molecule has 1 amide bonds. The molecule has 3 nitrogen and oxygen atoms in total. The molecule has 2 aromatic rings. The highest BCUT2D eigenvalue weighted by atomic mass is 16.1. The number of hydrogen-bond donors (Lipinski definition) is 1. The minimum absolute atomic E-state index is 0.00479. The van der Waals surface area contributed by atoms with Gasteiger partial charge in [-0.05, 0) is 81.1 Å². The number of nitrogens with zero attached hydrogens (tertiary/aromatic N) is 1. The van der Waals surface area contributed by atoms with Gasteiger partial charge >= 0.3 is 0 Å². The Balaban J connectivity index is 1.59. The Morgan fingerprint density at radius 2 is 1.69 bits per heavy atom. The van der Waals surface area contributed by atoms with E-state index >= 15 is 0 Å². The van der Waals surface area contributed by atoms with Crippen LogP contribution in [0.3, 0.4) is 0 Å². The number of hydrogen-bond acceptors (Lipinski definition) is 2. The second-order valence-corrected chi connectivity index (χ2v) is 7.57. The van der Waals surface area contributed by atoms with E-state index in [0.717, 1.165) is 17.7 Å². The van der Waals surface area contributed by atoms with Gasteiger partial charge < -0.3 is 5.32 Å². The van der Waals surface area contributed by atoms with Gasteiger partial charge in [0.15, 0.2) is 0 Å². The standard InChI is InChI=1S/C23H30N2O/c1-17-7-10-22(15-18(17)2)19(3)24-23(26)21-11-8-20(9-12-21)16-25-13-5-4-6-14-25/h7-12,15,19H,4-6,13-14,16H2,1-3H3,(H,24,26)/t19-/m0/s1. The Labute approximate surface area is 157 Å². The van der Waals surface area contributed by atoms with E-state index in [2.05, 4.69) is 54.4 Å². The lowest BCUT2D eigenvalue weighted by molar-refractivity contribution is 0.0940. The zero-order valence-electron chi connectivity index (χ0n) is 16.2. The van der Waals surface area contributed by atoms with Crippen molar-refractivity contribution >= 4 is 5.91 Å². The molecular formula is C23H30N2O. The molecule has 0 aliphatic carbocycles. The van der Waals surface area contributed by atoms with Crippen molar-refractivity contribution in [3.05, 3.63) is 70.3 Å². The molecule has 0 aromatic heterocycles. The van der Waals surface area contributed by atoms with Gasteiger partial charge in [0.2, 0.25) is 0 Å². The Bertz CT molecular complexity index is 745. The van der Waals surface area contributed by atoms with Crippen LogP contribution in [0.1, 0.15) is 64.8 Å². The normalized spacial score (nSPS) is 16.3. The number of likely N-dealkylation sites (tertiary alicyclic amines) is 1. The van der Waals surface area contributed by atoms with Crippen molar-refractivity contribution < 1.29 is 4.79 Å². The van der Waals surface area contributed by atoms with Crippen LogP contribution >= 0.6 is 0 Å². The Morgan fingerprint density at radius 3 is 2.35 bits per heavy atom. The minimum atomic E-state index is -0.0137. The van der Waals surface area contributed by atoms with Gasteiger partial charge in [-0.25, -0.2) is 0 Å². The molecule has 0 spiro atoms. The number of amides is 1. The summed E-state index contributed by atoms with van der Waals surface area (Å²) >= 11 is 0. The molecule has 0 bridgehead atoms. The quantitative estimate of drug-likeness (QED) is 0.841. The lowest BCUT2D eigenvalue weighted by Crippen LogP contribution is -2.29. The molecule has 1 heterocycles. The van der Waals surface area contributed by atoms with Crippen molar-refractivity contribution in [1.82, 2.24) is 10.2 Å². The second-order valence-electron chi connectivity index (χ2n) is 7.57. The summed E-state index contributed by atoms with van der Waals surface area (Å²) in [5, 5.41) is 3.11. The van der Waals surface area contributed by atoms with Crippen LogP contribution in [-0.2, 0) is 6.54 Å². The molecule has 138 valence electrons. The predicted octanol–water partition coefficient (Wildman–Crippen LogP) is 4.78. The molecule has 2 aromatic carbocycles. The summed E-state index contributed by atoms with van der Waals surface area (Å²) in [6, 6.07) is 14.4. The smallest absolute Gasteiger partial charge is 0.251 e. The van der Waals surface area contributed by atoms with Gasteiger partial charge in [-0.2, -0.15) is 0 Å². The number of nitrogens with one attached hydrogen (secondary N) is 1. The highest BCUT2D eigenvalue weighted by Crippen LogP contribution is 2.18. The monoisotopic (exact) mass is 350 g/mol. The molecule has 1 saturated heterocycles. The Hall–Kier alpha value is -2.13. The maximum absolute atomic E-state index is 12.6. The van der Waals surface area contributed by atoms with Gasteiger partial charge in [0, 0.05) is 12.1 Å². The zero-order valence-corrected chi connectivity index (χ0v) is 16.2. The molecular weight excluding hydrogens is 320 g/mol. The molecule has 26 heavy (non-hydrogen) atoms. The van der Waals surface area contributed by atoms with Crippen molar-refractivity contribution in [2.75, 3.05) is 13.1 Å². The molecule has 1 aliphatic heterocycles. The average molecular weight is 351 g/mol. The van der Waals surface area contributed by atoms with Crippen LogP contribution < -0.4 is 5.32 Å². The number of carbonyl (C=O) groups excluding carboxylic acids is 1. The van der Waals surface area contributed by atoms with Crippen molar-refractivity contribution in [2.45, 2.75) is 52.6 Å².